The average molecular weight is 335 g/mol. The second-order valence-electron chi connectivity index (χ2n) is 4.71. The number of aromatic nitrogens is 1. The van der Waals surface area contributed by atoms with Gasteiger partial charge in [-0.15, -0.1) is 0 Å². The van der Waals surface area contributed by atoms with Crippen LogP contribution in [0.25, 0.3) is 0 Å². The van der Waals surface area contributed by atoms with Crippen molar-refractivity contribution in [3.63, 3.8) is 0 Å². The number of nitrogens with zero attached hydrogens (tertiary/aromatic N) is 1. The van der Waals surface area contributed by atoms with E-state index < -0.39 is 0 Å². The Bertz CT molecular complexity index is 533. The summed E-state index contributed by atoms with van der Waals surface area (Å²) in [4.78, 5) is 4.04. The molecule has 0 radical (unpaired) electrons. The molecule has 0 spiro atoms. The highest BCUT2D eigenvalue weighted by Gasteiger charge is 2.19. The van der Waals surface area contributed by atoms with E-state index in [1.165, 1.54) is 0 Å². The van der Waals surface area contributed by atoms with Crippen molar-refractivity contribution in [3.8, 4) is 0 Å². The first-order valence-electron chi connectivity index (χ1n) is 6.72. The molecule has 1 heterocycles. The lowest BCUT2D eigenvalue weighted by molar-refractivity contribution is 0.0212. The van der Waals surface area contributed by atoms with Crippen molar-refractivity contribution in [2.45, 2.75) is 32.1 Å². The zero-order valence-electron chi connectivity index (χ0n) is 11.5. The number of benzene rings is 1. The molecule has 0 aliphatic heterocycles. The van der Waals surface area contributed by atoms with Crippen LogP contribution in [0, 0.1) is 0 Å². The molecule has 2 aromatic rings. The Morgan fingerprint density at radius 3 is 2.65 bits per heavy atom. The lowest BCUT2D eigenvalue weighted by Crippen LogP contribution is -2.29. The first-order chi connectivity index (χ1) is 9.70. The highest BCUT2D eigenvalue weighted by atomic mass is 79.9. The van der Waals surface area contributed by atoms with Crippen molar-refractivity contribution in [2.24, 2.45) is 5.73 Å². The Morgan fingerprint density at radius 1 is 1.25 bits per heavy atom. The molecule has 0 aliphatic rings. The van der Waals surface area contributed by atoms with E-state index in [-0.39, 0.29) is 12.1 Å². The molecule has 1 aromatic carbocycles. The number of pyridine rings is 1. The maximum absolute atomic E-state index is 6.19. The van der Waals surface area contributed by atoms with E-state index in [2.05, 4.69) is 33.9 Å². The van der Waals surface area contributed by atoms with E-state index in [1.54, 1.807) is 12.4 Å². The Labute approximate surface area is 128 Å². The minimum Gasteiger partial charge on any atom is -0.367 e. The van der Waals surface area contributed by atoms with Gasteiger partial charge in [0.05, 0.1) is 12.7 Å². The molecule has 4 heteroatoms. The number of nitrogens with two attached hydrogens (primary N) is 1. The van der Waals surface area contributed by atoms with E-state index >= 15 is 0 Å². The topological polar surface area (TPSA) is 48.1 Å². The third-order valence-corrected chi connectivity index (χ3v) is 3.71. The summed E-state index contributed by atoms with van der Waals surface area (Å²) in [6, 6.07) is 12.0. The lowest BCUT2D eigenvalue weighted by Gasteiger charge is -2.23. The second kappa shape index (κ2) is 7.53. The van der Waals surface area contributed by atoms with E-state index in [4.69, 9.17) is 10.5 Å². The summed E-state index contributed by atoms with van der Waals surface area (Å²) in [6.45, 7) is 2.61. The maximum Gasteiger partial charge on any atom is 0.0981 e. The van der Waals surface area contributed by atoms with E-state index in [0.717, 1.165) is 22.0 Å². The summed E-state index contributed by atoms with van der Waals surface area (Å²) in [5.74, 6) is 0. The van der Waals surface area contributed by atoms with Gasteiger partial charge in [0.15, 0.2) is 0 Å². The molecule has 2 rings (SSSR count). The lowest BCUT2D eigenvalue weighted by atomic mass is 10.0. The normalized spacial score (nSPS) is 13.9. The number of hydrogen-bond donors (Lipinski definition) is 1. The summed E-state index contributed by atoms with van der Waals surface area (Å²) in [7, 11) is 0. The van der Waals surface area contributed by atoms with Crippen LogP contribution in [0.15, 0.2) is 53.3 Å². The van der Waals surface area contributed by atoms with Gasteiger partial charge in [-0.1, -0.05) is 35.0 Å². The van der Waals surface area contributed by atoms with Crippen LogP contribution in [-0.4, -0.2) is 11.0 Å². The summed E-state index contributed by atoms with van der Waals surface area (Å²) in [5, 5.41) is 0. The second-order valence-corrected chi connectivity index (χ2v) is 5.63. The van der Waals surface area contributed by atoms with E-state index in [0.29, 0.717) is 6.61 Å². The fourth-order valence-corrected chi connectivity index (χ4v) is 2.49. The minimum absolute atomic E-state index is 0.0236. The monoisotopic (exact) mass is 334 g/mol. The summed E-state index contributed by atoms with van der Waals surface area (Å²) in [6.07, 6.45) is 4.30. The molecule has 2 atom stereocenters. The van der Waals surface area contributed by atoms with Gasteiger partial charge in [0, 0.05) is 22.9 Å². The summed E-state index contributed by atoms with van der Waals surface area (Å²) in [5.41, 5.74) is 8.39. The van der Waals surface area contributed by atoms with Crippen LogP contribution in [0.5, 0.6) is 0 Å². The summed E-state index contributed by atoms with van der Waals surface area (Å²) < 4.78 is 7.10. The predicted octanol–water partition coefficient (Wildman–Crippen LogP) is 3.84. The molecule has 0 amide bonds. The molecule has 2 N–H and O–H groups in total. The van der Waals surface area contributed by atoms with Gasteiger partial charge in [-0.25, -0.2) is 0 Å². The fraction of sp³-hybridized carbons (Fsp3) is 0.312. The molecule has 0 saturated heterocycles. The zero-order valence-corrected chi connectivity index (χ0v) is 13.1. The summed E-state index contributed by atoms with van der Waals surface area (Å²) >= 11 is 3.47. The van der Waals surface area contributed by atoms with Crippen LogP contribution in [0.4, 0.5) is 0 Å². The minimum atomic E-state index is -0.109. The van der Waals surface area contributed by atoms with Gasteiger partial charge < -0.3 is 10.5 Å². The Morgan fingerprint density at radius 2 is 2.00 bits per heavy atom. The van der Waals surface area contributed by atoms with Crippen molar-refractivity contribution in [3.05, 3.63) is 64.4 Å². The molecule has 0 saturated carbocycles. The molecule has 20 heavy (non-hydrogen) atoms. The predicted molar refractivity (Wildman–Crippen MR) is 84.2 cm³/mol. The first kappa shape index (κ1) is 15.2. The molecule has 2 unspecified atom stereocenters. The molecule has 1 aromatic heterocycles. The van der Waals surface area contributed by atoms with Crippen molar-refractivity contribution < 1.29 is 4.74 Å². The Kier molecular flexibility index (Phi) is 5.71. The molecule has 3 nitrogen and oxygen atoms in total. The van der Waals surface area contributed by atoms with Crippen LogP contribution in [-0.2, 0) is 11.3 Å². The third-order valence-electron chi connectivity index (χ3n) is 3.21. The zero-order chi connectivity index (χ0) is 14.4. The van der Waals surface area contributed by atoms with Crippen molar-refractivity contribution in [1.29, 1.82) is 0 Å². The van der Waals surface area contributed by atoms with Crippen LogP contribution in [0.2, 0.25) is 0 Å². The number of ether oxygens (including phenoxy) is 1. The SMILES string of the molecule is CCC(N)C(OCc1cccc(Br)c1)c1ccncc1. The fourth-order valence-electron chi connectivity index (χ4n) is 2.05. The molecule has 0 fully saturated rings. The highest BCUT2D eigenvalue weighted by Crippen LogP contribution is 2.23. The Hall–Kier alpha value is -1.23. The molecule has 0 aliphatic carbocycles. The van der Waals surface area contributed by atoms with Gasteiger partial charge in [0.2, 0.25) is 0 Å². The number of hydrogen-bond acceptors (Lipinski definition) is 3. The third kappa shape index (κ3) is 4.13. The van der Waals surface area contributed by atoms with Gasteiger partial charge in [0.1, 0.15) is 0 Å². The smallest absolute Gasteiger partial charge is 0.0981 e. The van der Waals surface area contributed by atoms with Gasteiger partial charge >= 0.3 is 0 Å². The number of halogens is 1. The van der Waals surface area contributed by atoms with Crippen LogP contribution < -0.4 is 5.73 Å². The standard InChI is InChI=1S/C16H19BrN2O/c1-2-15(18)16(13-6-8-19-9-7-13)20-11-12-4-3-5-14(17)10-12/h3-10,15-16H,2,11,18H2,1H3. The molecular formula is C16H19BrN2O. The Balaban J connectivity index is 2.09. The van der Waals surface area contributed by atoms with Crippen LogP contribution in [0.1, 0.15) is 30.6 Å². The number of rotatable bonds is 6. The van der Waals surface area contributed by atoms with Crippen molar-refractivity contribution in [2.75, 3.05) is 0 Å². The molecular weight excluding hydrogens is 316 g/mol. The molecule has 0 bridgehead atoms. The highest BCUT2D eigenvalue weighted by molar-refractivity contribution is 9.10. The maximum atomic E-state index is 6.19. The first-order valence-corrected chi connectivity index (χ1v) is 7.51. The van der Waals surface area contributed by atoms with Gasteiger partial charge in [-0.05, 0) is 41.8 Å². The van der Waals surface area contributed by atoms with E-state index in [1.807, 2.05) is 30.3 Å². The van der Waals surface area contributed by atoms with Gasteiger partial charge in [0.25, 0.3) is 0 Å². The van der Waals surface area contributed by atoms with Gasteiger partial charge in [-0.2, -0.15) is 0 Å². The quantitative estimate of drug-likeness (QED) is 0.873. The van der Waals surface area contributed by atoms with Crippen LogP contribution in [0.3, 0.4) is 0 Å². The largest absolute Gasteiger partial charge is 0.367 e. The average Bonchev–Trinajstić information content (AvgIpc) is 2.48. The van der Waals surface area contributed by atoms with Gasteiger partial charge in [-0.3, -0.25) is 4.98 Å². The van der Waals surface area contributed by atoms with E-state index in [9.17, 15) is 0 Å². The van der Waals surface area contributed by atoms with Crippen molar-refractivity contribution in [1.82, 2.24) is 4.98 Å². The van der Waals surface area contributed by atoms with Crippen molar-refractivity contribution >= 4 is 15.9 Å². The van der Waals surface area contributed by atoms with Crippen LogP contribution >= 0.6 is 15.9 Å². The molecule has 106 valence electrons.